The summed E-state index contributed by atoms with van der Waals surface area (Å²) in [4.78, 5) is 24.2. The molecule has 1 aliphatic carbocycles. The van der Waals surface area contributed by atoms with Crippen molar-refractivity contribution in [2.75, 3.05) is 0 Å². The fraction of sp³-hybridized carbons (Fsp3) is 0.529. The Bertz CT molecular complexity index is 639. The van der Waals surface area contributed by atoms with Crippen LogP contribution in [0.25, 0.3) is 0 Å². The molecule has 4 nitrogen and oxygen atoms in total. The van der Waals surface area contributed by atoms with E-state index in [1.807, 2.05) is 0 Å². The van der Waals surface area contributed by atoms with Gasteiger partial charge in [0.15, 0.2) is 17.7 Å². The van der Waals surface area contributed by atoms with E-state index in [1.54, 1.807) is 0 Å². The third-order valence-corrected chi connectivity index (χ3v) is 4.63. The molecule has 0 bridgehead atoms. The number of rotatable bonds is 4. The van der Waals surface area contributed by atoms with Crippen molar-refractivity contribution in [2.24, 2.45) is 5.92 Å². The molecule has 1 saturated carbocycles. The van der Waals surface area contributed by atoms with Gasteiger partial charge in [-0.05, 0) is 37.8 Å². The first-order chi connectivity index (χ1) is 11.3. The summed E-state index contributed by atoms with van der Waals surface area (Å²) < 4.78 is 31.3. The minimum atomic E-state index is -1.21. The van der Waals surface area contributed by atoms with Crippen LogP contribution in [0.2, 0.25) is 5.02 Å². The van der Waals surface area contributed by atoms with Gasteiger partial charge in [0.2, 0.25) is 0 Å². The van der Waals surface area contributed by atoms with Crippen molar-refractivity contribution in [3.8, 4) is 0 Å². The SMILES string of the molecule is C[C@@H](OC(=O)c1cc(F)c(F)cc1Cl)C(=O)N[C@H]1CCCC[C@@H]1C. The zero-order valence-corrected chi connectivity index (χ0v) is 14.3. The lowest BCUT2D eigenvalue weighted by Gasteiger charge is -2.30. The maximum Gasteiger partial charge on any atom is 0.340 e. The van der Waals surface area contributed by atoms with E-state index in [1.165, 1.54) is 6.92 Å². The number of carbonyl (C=O) groups is 2. The second-order valence-electron chi connectivity index (χ2n) is 6.17. The monoisotopic (exact) mass is 359 g/mol. The topological polar surface area (TPSA) is 55.4 Å². The van der Waals surface area contributed by atoms with E-state index < -0.39 is 29.6 Å². The van der Waals surface area contributed by atoms with E-state index in [4.69, 9.17) is 16.3 Å². The maximum atomic E-state index is 13.2. The Labute approximate surface area is 144 Å². The molecule has 7 heteroatoms. The van der Waals surface area contributed by atoms with E-state index in [9.17, 15) is 18.4 Å². The molecular weight excluding hydrogens is 340 g/mol. The van der Waals surface area contributed by atoms with E-state index in [0.29, 0.717) is 18.1 Å². The van der Waals surface area contributed by atoms with Crippen LogP contribution in [-0.4, -0.2) is 24.0 Å². The van der Waals surface area contributed by atoms with Gasteiger partial charge in [-0.3, -0.25) is 4.79 Å². The van der Waals surface area contributed by atoms with Gasteiger partial charge >= 0.3 is 5.97 Å². The Kier molecular flexibility index (Phi) is 6.15. The Balaban J connectivity index is 1.98. The van der Waals surface area contributed by atoms with Gasteiger partial charge in [0.1, 0.15) is 0 Å². The number of nitrogens with one attached hydrogen (secondary N) is 1. The van der Waals surface area contributed by atoms with Crippen LogP contribution in [0, 0.1) is 17.6 Å². The standard InChI is InChI=1S/C17H20ClF2NO3/c1-9-5-3-4-6-15(9)21-16(22)10(2)24-17(23)11-7-13(19)14(20)8-12(11)18/h7-10,15H,3-6H2,1-2H3,(H,21,22)/t9-,10+,15-/m0/s1. The second kappa shape index (κ2) is 7.92. The van der Waals surface area contributed by atoms with E-state index in [2.05, 4.69) is 12.2 Å². The van der Waals surface area contributed by atoms with Gasteiger partial charge in [0, 0.05) is 6.04 Å². The van der Waals surface area contributed by atoms with Crippen LogP contribution in [0.4, 0.5) is 8.78 Å². The highest BCUT2D eigenvalue weighted by Crippen LogP contribution is 2.24. The molecule has 0 spiro atoms. The average molecular weight is 360 g/mol. The van der Waals surface area contributed by atoms with Crippen LogP contribution in [0.1, 0.15) is 49.9 Å². The Morgan fingerprint density at radius 2 is 1.88 bits per heavy atom. The first-order valence-corrected chi connectivity index (χ1v) is 8.33. The van der Waals surface area contributed by atoms with Crippen molar-refractivity contribution in [3.05, 3.63) is 34.4 Å². The Morgan fingerprint density at radius 3 is 2.54 bits per heavy atom. The minimum absolute atomic E-state index is 0.0549. The van der Waals surface area contributed by atoms with Gasteiger partial charge in [-0.25, -0.2) is 13.6 Å². The van der Waals surface area contributed by atoms with Crippen molar-refractivity contribution in [3.63, 3.8) is 0 Å². The molecule has 1 aliphatic rings. The molecule has 1 N–H and O–H groups in total. The zero-order chi connectivity index (χ0) is 17.9. The van der Waals surface area contributed by atoms with E-state index >= 15 is 0 Å². The van der Waals surface area contributed by atoms with Crippen LogP contribution in [0.15, 0.2) is 12.1 Å². The van der Waals surface area contributed by atoms with Crippen molar-refractivity contribution < 1.29 is 23.1 Å². The second-order valence-corrected chi connectivity index (χ2v) is 6.58. The van der Waals surface area contributed by atoms with Crippen molar-refractivity contribution in [1.29, 1.82) is 0 Å². The molecule has 1 aromatic rings. The summed E-state index contributed by atoms with van der Waals surface area (Å²) in [5.74, 6) is -3.39. The van der Waals surface area contributed by atoms with Gasteiger partial charge in [-0.15, -0.1) is 0 Å². The fourth-order valence-corrected chi connectivity index (χ4v) is 3.01. The number of hydrogen-bond donors (Lipinski definition) is 1. The number of hydrogen-bond acceptors (Lipinski definition) is 3. The molecule has 1 fully saturated rings. The van der Waals surface area contributed by atoms with Gasteiger partial charge < -0.3 is 10.1 Å². The largest absolute Gasteiger partial charge is 0.449 e. The number of carbonyl (C=O) groups excluding carboxylic acids is 2. The van der Waals surface area contributed by atoms with Crippen molar-refractivity contribution in [1.82, 2.24) is 5.32 Å². The van der Waals surface area contributed by atoms with E-state index in [0.717, 1.165) is 25.7 Å². The third kappa shape index (κ3) is 4.44. The molecule has 2 rings (SSSR count). The summed E-state index contributed by atoms with van der Waals surface area (Å²) in [6.07, 6.45) is 3.07. The van der Waals surface area contributed by atoms with Crippen LogP contribution in [-0.2, 0) is 9.53 Å². The molecule has 1 aromatic carbocycles. The molecule has 0 aliphatic heterocycles. The molecule has 3 atom stereocenters. The average Bonchev–Trinajstić information content (AvgIpc) is 2.52. The summed E-state index contributed by atoms with van der Waals surface area (Å²) >= 11 is 5.73. The maximum absolute atomic E-state index is 13.2. The molecule has 132 valence electrons. The van der Waals surface area contributed by atoms with Gasteiger partial charge in [-0.2, -0.15) is 0 Å². The number of halogens is 3. The highest BCUT2D eigenvalue weighted by Gasteiger charge is 2.27. The predicted octanol–water partition coefficient (Wildman–Crippen LogP) is 3.86. The summed E-state index contributed by atoms with van der Waals surface area (Å²) in [7, 11) is 0. The number of benzene rings is 1. The van der Waals surface area contributed by atoms with Crippen molar-refractivity contribution in [2.45, 2.75) is 51.7 Å². The summed E-state index contributed by atoms with van der Waals surface area (Å²) in [6.45, 7) is 3.50. The lowest BCUT2D eigenvalue weighted by atomic mass is 9.86. The molecule has 0 unspecified atom stereocenters. The van der Waals surface area contributed by atoms with Gasteiger partial charge in [0.25, 0.3) is 5.91 Å². The lowest BCUT2D eigenvalue weighted by molar-refractivity contribution is -0.130. The summed E-state index contributed by atoms with van der Waals surface area (Å²) in [6, 6.07) is 1.41. The number of esters is 1. The first-order valence-electron chi connectivity index (χ1n) is 7.95. The van der Waals surface area contributed by atoms with Crippen LogP contribution in [0.5, 0.6) is 0 Å². The van der Waals surface area contributed by atoms with E-state index in [-0.39, 0.29) is 16.6 Å². The first kappa shape index (κ1) is 18.6. The fourth-order valence-electron chi connectivity index (χ4n) is 2.79. The molecule has 1 amide bonds. The van der Waals surface area contributed by atoms with Crippen LogP contribution >= 0.6 is 11.6 Å². The molecule has 0 aromatic heterocycles. The smallest absolute Gasteiger partial charge is 0.340 e. The highest BCUT2D eigenvalue weighted by molar-refractivity contribution is 6.33. The summed E-state index contributed by atoms with van der Waals surface area (Å²) in [5.41, 5.74) is -0.318. The molecule has 0 radical (unpaired) electrons. The van der Waals surface area contributed by atoms with Crippen molar-refractivity contribution >= 4 is 23.5 Å². The Morgan fingerprint density at radius 1 is 1.25 bits per heavy atom. The molecule has 0 saturated heterocycles. The highest BCUT2D eigenvalue weighted by atomic mass is 35.5. The quantitative estimate of drug-likeness (QED) is 0.656. The number of ether oxygens (including phenoxy) is 1. The normalized spacial score (nSPS) is 21.9. The third-order valence-electron chi connectivity index (χ3n) is 4.32. The summed E-state index contributed by atoms with van der Waals surface area (Å²) in [5, 5.41) is 2.61. The molecule has 0 heterocycles. The predicted molar refractivity (Wildman–Crippen MR) is 85.8 cm³/mol. The van der Waals surface area contributed by atoms with Crippen LogP contribution in [0.3, 0.4) is 0 Å². The molecule has 24 heavy (non-hydrogen) atoms. The molecular formula is C17H20ClF2NO3. The zero-order valence-electron chi connectivity index (χ0n) is 13.6. The van der Waals surface area contributed by atoms with Gasteiger partial charge in [0.05, 0.1) is 10.6 Å². The minimum Gasteiger partial charge on any atom is -0.449 e. The Hall–Kier alpha value is -1.69. The van der Waals surface area contributed by atoms with Crippen LogP contribution < -0.4 is 5.32 Å². The lowest BCUT2D eigenvalue weighted by Crippen LogP contribution is -2.46. The van der Waals surface area contributed by atoms with Gasteiger partial charge in [-0.1, -0.05) is 31.4 Å². The number of amides is 1.